The molecule has 2 aromatic rings. The van der Waals surface area contributed by atoms with Crippen molar-refractivity contribution in [2.75, 3.05) is 19.4 Å². The first-order valence-corrected chi connectivity index (χ1v) is 11.1. The molecule has 0 N–H and O–H groups in total. The van der Waals surface area contributed by atoms with Gasteiger partial charge in [0.25, 0.3) is 0 Å². The molecule has 2 aromatic heterocycles. The number of hydrogen-bond donors (Lipinski definition) is 0. The standard InChI is InChI=1S/C18H26N4O4S/c1-21(11-17-6-7-20-26-17)10-15-9-19-18(27(23,24)13-14-4-5-14)22(15)12-16-3-2-8-25-16/h6-7,9,14,16H,2-5,8,10-13H2,1H3. The van der Waals surface area contributed by atoms with Crippen molar-refractivity contribution in [2.24, 2.45) is 5.92 Å². The molecule has 1 atom stereocenters. The van der Waals surface area contributed by atoms with Gasteiger partial charge < -0.3 is 13.8 Å². The van der Waals surface area contributed by atoms with Crippen LogP contribution in [0.15, 0.2) is 28.1 Å². The van der Waals surface area contributed by atoms with Crippen molar-refractivity contribution in [3.63, 3.8) is 0 Å². The summed E-state index contributed by atoms with van der Waals surface area (Å²) in [5, 5.41) is 3.91. The molecule has 3 heterocycles. The van der Waals surface area contributed by atoms with Crippen molar-refractivity contribution in [2.45, 2.75) is 56.6 Å². The summed E-state index contributed by atoms with van der Waals surface area (Å²) < 4.78 is 38.5. The number of imidazole rings is 1. The van der Waals surface area contributed by atoms with Crippen LogP contribution in [-0.4, -0.2) is 53.5 Å². The van der Waals surface area contributed by atoms with Crippen molar-refractivity contribution in [1.29, 1.82) is 0 Å². The summed E-state index contributed by atoms with van der Waals surface area (Å²) in [6.07, 6.45) is 7.32. The Labute approximate surface area is 159 Å². The Hall–Kier alpha value is -1.71. The molecule has 9 heteroatoms. The molecule has 8 nitrogen and oxygen atoms in total. The zero-order valence-electron chi connectivity index (χ0n) is 15.6. The molecule has 0 amide bonds. The number of aromatic nitrogens is 3. The zero-order valence-corrected chi connectivity index (χ0v) is 16.4. The molecule has 2 fully saturated rings. The van der Waals surface area contributed by atoms with Crippen LogP contribution in [0.4, 0.5) is 0 Å². The van der Waals surface area contributed by atoms with Gasteiger partial charge in [-0.3, -0.25) is 4.90 Å². The molecule has 4 rings (SSSR count). The van der Waals surface area contributed by atoms with E-state index in [-0.39, 0.29) is 17.0 Å². The first-order chi connectivity index (χ1) is 13.0. The van der Waals surface area contributed by atoms with E-state index in [9.17, 15) is 8.42 Å². The fourth-order valence-corrected chi connectivity index (χ4v) is 5.39. The van der Waals surface area contributed by atoms with Gasteiger partial charge in [-0.1, -0.05) is 5.16 Å². The maximum absolute atomic E-state index is 12.9. The average Bonchev–Trinajstić information content (AvgIpc) is 3.05. The smallest absolute Gasteiger partial charge is 0.227 e. The van der Waals surface area contributed by atoms with E-state index in [4.69, 9.17) is 9.26 Å². The molecule has 148 valence electrons. The van der Waals surface area contributed by atoms with E-state index < -0.39 is 9.84 Å². The monoisotopic (exact) mass is 394 g/mol. The van der Waals surface area contributed by atoms with Crippen molar-refractivity contribution >= 4 is 9.84 Å². The molecule has 0 spiro atoms. The minimum absolute atomic E-state index is 0.0485. The van der Waals surface area contributed by atoms with Gasteiger partial charge in [0.1, 0.15) is 0 Å². The highest BCUT2D eigenvalue weighted by Gasteiger charge is 2.33. The van der Waals surface area contributed by atoms with Gasteiger partial charge in [0.05, 0.1) is 43.0 Å². The lowest BCUT2D eigenvalue weighted by molar-refractivity contribution is 0.0933. The van der Waals surface area contributed by atoms with Gasteiger partial charge in [0.15, 0.2) is 5.76 Å². The fourth-order valence-electron chi connectivity index (χ4n) is 3.55. The van der Waals surface area contributed by atoms with Gasteiger partial charge in [-0.2, -0.15) is 0 Å². The molecule has 2 aliphatic rings. The predicted molar refractivity (Wildman–Crippen MR) is 97.7 cm³/mol. The molecular formula is C18H26N4O4S. The Kier molecular flexibility index (Phi) is 5.34. The molecular weight excluding hydrogens is 368 g/mol. The lowest BCUT2D eigenvalue weighted by atomic mass is 10.2. The molecule has 0 bridgehead atoms. The topological polar surface area (TPSA) is 90.5 Å². The van der Waals surface area contributed by atoms with Crippen LogP contribution in [0.1, 0.15) is 37.1 Å². The zero-order chi connectivity index (χ0) is 18.9. The highest BCUT2D eigenvalue weighted by atomic mass is 32.2. The van der Waals surface area contributed by atoms with Gasteiger partial charge in [0, 0.05) is 19.2 Å². The van der Waals surface area contributed by atoms with Crippen LogP contribution < -0.4 is 0 Å². The van der Waals surface area contributed by atoms with Crippen molar-refractivity contribution < 1.29 is 17.7 Å². The second kappa shape index (κ2) is 7.73. The number of hydrogen-bond acceptors (Lipinski definition) is 7. The van der Waals surface area contributed by atoms with Gasteiger partial charge in [0.2, 0.25) is 15.0 Å². The third-order valence-corrected chi connectivity index (χ3v) is 6.88. The van der Waals surface area contributed by atoms with Crippen LogP contribution in [0.25, 0.3) is 0 Å². The van der Waals surface area contributed by atoms with Gasteiger partial charge >= 0.3 is 0 Å². The average molecular weight is 394 g/mol. The molecule has 0 radical (unpaired) electrons. The number of rotatable bonds is 9. The van der Waals surface area contributed by atoms with E-state index >= 15 is 0 Å². The summed E-state index contributed by atoms with van der Waals surface area (Å²) in [6.45, 7) is 2.43. The molecule has 1 unspecified atom stereocenters. The first-order valence-electron chi connectivity index (χ1n) is 9.48. The summed E-state index contributed by atoms with van der Waals surface area (Å²) in [6, 6.07) is 1.83. The maximum Gasteiger partial charge on any atom is 0.227 e. The van der Waals surface area contributed by atoms with Gasteiger partial charge in [-0.15, -0.1) is 0 Å². The molecule has 1 saturated carbocycles. The summed E-state index contributed by atoms with van der Waals surface area (Å²) >= 11 is 0. The van der Waals surface area contributed by atoms with Gasteiger partial charge in [-0.05, 0) is 38.6 Å². The van der Waals surface area contributed by atoms with Crippen LogP contribution in [0.5, 0.6) is 0 Å². The third kappa shape index (κ3) is 4.59. The van der Waals surface area contributed by atoms with Crippen molar-refractivity contribution in [1.82, 2.24) is 19.6 Å². The summed E-state index contributed by atoms with van der Waals surface area (Å²) in [5.74, 6) is 1.26. The van der Waals surface area contributed by atoms with Crippen LogP contribution in [0.3, 0.4) is 0 Å². The maximum atomic E-state index is 12.9. The summed E-state index contributed by atoms with van der Waals surface area (Å²) in [7, 11) is -1.42. The lowest BCUT2D eigenvalue weighted by Gasteiger charge is -2.19. The van der Waals surface area contributed by atoms with Crippen molar-refractivity contribution in [3.05, 3.63) is 29.9 Å². The van der Waals surface area contributed by atoms with E-state index in [1.54, 1.807) is 12.4 Å². The Morgan fingerprint density at radius 3 is 2.81 bits per heavy atom. The largest absolute Gasteiger partial charge is 0.376 e. The second-order valence-corrected chi connectivity index (χ2v) is 9.58. The highest BCUT2D eigenvalue weighted by Crippen LogP contribution is 2.32. The Morgan fingerprint density at radius 2 is 2.15 bits per heavy atom. The summed E-state index contributed by atoms with van der Waals surface area (Å²) in [4.78, 5) is 6.37. The minimum atomic E-state index is -3.38. The molecule has 0 aromatic carbocycles. The molecule has 1 aliphatic carbocycles. The fraction of sp³-hybridized carbons (Fsp3) is 0.667. The van der Waals surface area contributed by atoms with Crippen LogP contribution >= 0.6 is 0 Å². The number of sulfone groups is 1. The van der Waals surface area contributed by atoms with Crippen LogP contribution in [0.2, 0.25) is 0 Å². The van der Waals surface area contributed by atoms with E-state index in [2.05, 4.69) is 15.0 Å². The van der Waals surface area contributed by atoms with E-state index in [1.807, 2.05) is 17.7 Å². The van der Waals surface area contributed by atoms with E-state index in [0.29, 0.717) is 25.6 Å². The highest BCUT2D eigenvalue weighted by molar-refractivity contribution is 7.91. The van der Waals surface area contributed by atoms with Gasteiger partial charge in [-0.25, -0.2) is 13.4 Å². The molecule has 1 saturated heterocycles. The van der Waals surface area contributed by atoms with Crippen LogP contribution in [-0.2, 0) is 34.2 Å². The number of nitrogens with zero attached hydrogens (tertiary/aromatic N) is 4. The molecule has 27 heavy (non-hydrogen) atoms. The van der Waals surface area contributed by atoms with E-state index in [0.717, 1.165) is 43.7 Å². The van der Waals surface area contributed by atoms with Crippen LogP contribution in [0, 0.1) is 5.92 Å². The van der Waals surface area contributed by atoms with Crippen molar-refractivity contribution in [3.8, 4) is 0 Å². The molecule has 1 aliphatic heterocycles. The third-order valence-electron chi connectivity index (χ3n) is 5.09. The minimum Gasteiger partial charge on any atom is -0.376 e. The second-order valence-electron chi connectivity index (χ2n) is 7.65. The predicted octanol–water partition coefficient (Wildman–Crippen LogP) is 1.87. The van der Waals surface area contributed by atoms with E-state index in [1.165, 1.54) is 0 Å². The Balaban J connectivity index is 1.55. The summed E-state index contributed by atoms with van der Waals surface area (Å²) in [5.41, 5.74) is 0.877. The quantitative estimate of drug-likeness (QED) is 0.641. The number of ether oxygens (including phenoxy) is 1. The lowest BCUT2D eigenvalue weighted by Crippen LogP contribution is -2.25. The Morgan fingerprint density at radius 1 is 1.30 bits per heavy atom. The SMILES string of the molecule is CN(Cc1ccno1)Cc1cnc(S(=O)(=O)CC2CC2)n1CC1CCCO1. The Bertz CT molecular complexity index is 852. The normalized spacial score (nSPS) is 20.6. The first kappa shape index (κ1) is 18.6.